The van der Waals surface area contributed by atoms with Crippen molar-refractivity contribution >= 4 is 17.2 Å². The van der Waals surface area contributed by atoms with Gasteiger partial charge in [-0.3, -0.25) is 4.40 Å². The number of likely N-dealkylation sites (tertiary alicyclic amines) is 1. The van der Waals surface area contributed by atoms with Crippen LogP contribution in [0.25, 0.3) is 5.65 Å². The van der Waals surface area contributed by atoms with E-state index in [-0.39, 0.29) is 0 Å². The van der Waals surface area contributed by atoms with E-state index >= 15 is 0 Å². The van der Waals surface area contributed by atoms with Gasteiger partial charge in [-0.25, -0.2) is 0 Å². The molecule has 1 aliphatic heterocycles. The lowest BCUT2D eigenvalue weighted by Crippen LogP contribution is -2.34. The maximum absolute atomic E-state index is 5.97. The number of hydrogen-bond donors (Lipinski definition) is 0. The molecule has 3 rings (SSSR count). The Bertz CT molecular complexity index is 551. The van der Waals surface area contributed by atoms with Crippen LogP contribution >= 0.6 is 11.6 Å². The fourth-order valence-electron chi connectivity index (χ4n) is 2.72. The lowest BCUT2D eigenvalue weighted by atomic mass is 9.97. The van der Waals surface area contributed by atoms with Crippen molar-refractivity contribution in [3.63, 3.8) is 0 Å². The first-order chi connectivity index (χ1) is 8.78. The second-order valence-corrected chi connectivity index (χ2v) is 5.30. The lowest BCUT2D eigenvalue weighted by molar-refractivity contribution is 0.213. The van der Waals surface area contributed by atoms with Gasteiger partial charge in [0, 0.05) is 29.7 Å². The molecule has 0 N–H and O–H groups in total. The summed E-state index contributed by atoms with van der Waals surface area (Å²) in [6.45, 7) is 5.61. The van der Waals surface area contributed by atoms with E-state index in [1.165, 1.54) is 19.4 Å². The first-order valence-electron chi connectivity index (χ1n) is 6.50. The Labute approximate surface area is 112 Å². The van der Waals surface area contributed by atoms with E-state index in [2.05, 4.69) is 26.4 Å². The second kappa shape index (κ2) is 4.86. The maximum Gasteiger partial charge on any atom is 0.162 e. The van der Waals surface area contributed by atoms with E-state index in [0.29, 0.717) is 10.9 Å². The predicted molar refractivity (Wildman–Crippen MR) is 72.1 cm³/mol. The number of nitrogens with zero attached hydrogens (tertiary/aromatic N) is 4. The Morgan fingerprint density at radius 2 is 2.33 bits per heavy atom. The van der Waals surface area contributed by atoms with Gasteiger partial charge in [0.05, 0.1) is 0 Å². The quantitative estimate of drug-likeness (QED) is 0.836. The average Bonchev–Trinajstić information content (AvgIpc) is 2.81. The van der Waals surface area contributed by atoms with Crippen molar-refractivity contribution in [1.82, 2.24) is 19.5 Å². The summed E-state index contributed by atoms with van der Waals surface area (Å²) in [5.41, 5.74) is 0.839. The molecule has 96 valence electrons. The molecule has 0 amide bonds. The molecule has 5 heteroatoms. The molecule has 0 aliphatic carbocycles. The van der Waals surface area contributed by atoms with Gasteiger partial charge in [-0.05, 0) is 32.0 Å². The van der Waals surface area contributed by atoms with Gasteiger partial charge in [0.25, 0.3) is 0 Å². The van der Waals surface area contributed by atoms with Crippen LogP contribution in [-0.4, -0.2) is 39.1 Å². The average molecular weight is 265 g/mol. The molecule has 3 heterocycles. The van der Waals surface area contributed by atoms with Gasteiger partial charge < -0.3 is 4.90 Å². The molecule has 1 saturated heterocycles. The molecule has 0 aromatic carbocycles. The molecule has 1 aliphatic rings. The number of halogens is 1. The van der Waals surface area contributed by atoms with Crippen molar-refractivity contribution in [3.05, 3.63) is 29.2 Å². The van der Waals surface area contributed by atoms with E-state index in [0.717, 1.165) is 24.6 Å². The summed E-state index contributed by atoms with van der Waals surface area (Å²) in [7, 11) is 0. The third-order valence-corrected chi connectivity index (χ3v) is 3.95. The zero-order valence-corrected chi connectivity index (χ0v) is 11.3. The number of aromatic nitrogens is 3. The fraction of sp³-hybridized carbons (Fsp3) is 0.538. The molecule has 1 fully saturated rings. The summed E-state index contributed by atoms with van der Waals surface area (Å²) in [6, 6.07) is 3.75. The van der Waals surface area contributed by atoms with Crippen LogP contribution < -0.4 is 0 Å². The predicted octanol–water partition coefficient (Wildman–Crippen LogP) is 2.58. The van der Waals surface area contributed by atoms with E-state index in [4.69, 9.17) is 11.6 Å². The third kappa shape index (κ3) is 2.10. The molecule has 18 heavy (non-hydrogen) atoms. The molecule has 0 radical (unpaired) electrons. The Hall–Kier alpha value is -1.13. The van der Waals surface area contributed by atoms with Crippen LogP contribution in [0.4, 0.5) is 0 Å². The summed E-state index contributed by atoms with van der Waals surface area (Å²) in [5, 5.41) is 9.28. The first-order valence-corrected chi connectivity index (χ1v) is 6.88. The van der Waals surface area contributed by atoms with E-state index < -0.39 is 0 Å². The summed E-state index contributed by atoms with van der Waals surface area (Å²) < 4.78 is 2.07. The molecule has 0 bridgehead atoms. The molecule has 1 unspecified atom stereocenters. The van der Waals surface area contributed by atoms with Gasteiger partial charge in [-0.1, -0.05) is 18.5 Å². The van der Waals surface area contributed by atoms with Crippen LogP contribution in [0, 0.1) is 0 Å². The van der Waals surface area contributed by atoms with Crippen molar-refractivity contribution < 1.29 is 0 Å². The van der Waals surface area contributed by atoms with Gasteiger partial charge in [0.2, 0.25) is 0 Å². The SMILES string of the molecule is CCN1CCCC(c2nnc3cc(Cl)ccn23)C1. The number of piperidine rings is 1. The van der Waals surface area contributed by atoms with Crippen molar-refractivity contribution in [3.8, 4) is 0 Å². The topological polar surface area (TPSA) is 33.4 Å². The highest BCUT2D eigenvalue weighted by Gasteiger charge is 2.24. The van der Waals surface area contributed by atoms with E-state index in [1.54, 1.807) is 0 Å². The monoisotopic (exact) mass is 264 g/mol. The molecular formula is C13H17ClN4. The molecule has 2 aromatic rings. The van der Waals surface area contributed by atoms with Gasteiger partial charge in [0.15, 0.2) is 5.65 Å². The summed E-state index contributed by atoms with van der Waals surface area (Å²) >= 11 is 5.97. The van der Waals surface area contributed by atoms with Gasteiger partial charge in [-0.2, -0.15) is 0 Å². The number of rotatable bonds is 2. The first kappa shape index (κ1) is 11.9. The molecule has 2 aromatic heterocycles. The van der Waals surface area contributed by atoms with E-state index in [9.17, 15) is 0 Å². The zero-order valence-electron chi connectivity index (χ0n) is 10.5. The van der Waals surface area contributed by atoms with Crippen LogP contribution in [0.2, 0.25) is 5.02 Å². The highest BCUT2D eigenvalue weighted by Crippen LogP contribution is 2.26. The summed E-state index contributed by atoms with van der Waals surface area (Å²) in [4.78, 5) is 2.48. The molecule has 0 spiro atoms. The largest absolute Gasteiger partial charge is 0.303 e. The minimum absolute atomic E-state index is 0.481. The van der Waals surface area contributed by atoms with Crippen molar-refractivity contribution in [2.75, 3.05) is 19.6 Å². The smallest absolute Gasteiger partial charge is 0.162 e. The maximum atomic E-state index is 5.97. The number of hydrogen-bond acceptors (Lipinski definition) is 3. The van der Waals surface area contributed by atoms with Crippen LogP contribution in [-0.2, 0) is 0 Å². The van der Waals surface area contributed by atoms with Crippen LogP contribution in [0.1, 0.15) is 31.5 Å². The van der Waals surface area contributed by atoms with Gasteiger partial charge in [-0.15, -0.1) is 10.2 Å². The Morgan fingerprint density at radius 1 is 1.44 bits per heavy atom. The number of likely N-dealkylation sites (N-methyl/N-ethyl adjacent to an activating group) is 1. The van der Waals surface area contributed by atoms with Crippen LogP contribution in [0.15, 0.2) is 18.3 Å². The van der Waals surface area contributed by atoms with Crippen molar-refractivity contribution in [2.24, 2.45) is 0 Å². The molecular weight excluding hydrogens is 248 g/mol. The third-order valence-electron chi connectivity index (χ3n) is 3.72. The Kier molecular flexibility index (Phi) is 3.22. The zero-order chi connectivity index (χ0) is 12.5. The van der Waals surface area contributed by atoms with Gasteiger partial charge in [0.1, 0.15) is 5.82 Å². The Morgan fingerprint density at radius 3 is 3.17 bits per heavy atom. The normalized spacial score (nSPS) is 21.6. The summed E-state index contributed by atoms with van der Waals surface area (Å²) in [5.74, 6) is 1.55. The number of pyridine rings is 1. The molecule has 0 saturated carbocycles. The standard InChI is InChI=1S/C13H17ClN4/c1-2-17-6-3-4-10(9-17)13-16-15-12-8-11(14)5-7-18(12)13/h5,7-8,10H,2-4,6,9H2,1H3. The fourth-order valence-corrected chi connectivity index (χ4v) is 2.87. The summed E-state index contributed by atoms with van der Waals surface area (Å²) in [6.07, 6.45) is 4.40. The van der Waals surface area contributed by atoms with Gasteiger partial charge >= 0.3 is 0 Å². The minimum Gasteiger partial charge on any atom is -0.303 e. The molecule has 1 atom stereocenters. The second-order valence-electron chi connectivity index (χ2n) is 4.86. The minimum atomic E-state index is 0.481. The van der Waals surface area contributed by atoms with Crippen molar-refractivity contribution in [1.29, 1.82) is 0 Å². The highest BCUT2D eigenvalue weighted by atomic mass is 35.5. The highest BCUT2D eigenvalue weighted by molar-refractivity contribution is 6.30. The van der Waals surface area contributed by atoms with Crippen molar-refractivity contribution in [2.45, 2.75) is 25.7 Å². The van der Waals surface area contributed by atoms with Crippen LogP contribution in [0.3, 0.4) is 0 Å². The number of fused-ring (bicyclic) bond motifs is 1. The lowest BCUT2D eigenvalue weighted by Gasteiger charge is -2.30. The Balaban J connectivity index is 1.94. The molecule has 4 nitrogen and oxygen atoms in total. The van der Waals surface area contributed by atoms with E-state index in [1.807, 2.05) is 18.3 Å². The van der Waals surface area contributed by atoms with Crippen LogP contribution in [0.5, 0.6) is 0 Å².